The molecule has 2 aliphatic heterocycles. The Hall–Kier alpha value is -7.71. The van der Waals surface area contributed by atoms with Gasteiger partial charge in [0.1, 0.15) is 11.5 Å². The van der Waals surface area contributed by atoms with Crippen molar-refractivity contribution in [2.75, 3.05) is 30.6 Å². The maximum atomic E-state index is 13.4. The van der Waals surface area contributed by atoms with E-state index in [2.05, 4.69) is 47.9 Å². The molecule has 0 saturated carbocycles. The van der Waals surface area contributed by atoms with E-state index in [1.807, 2.05) is 72.8 Å². The molecule has 0 spiro atoms. The van der Waals surface area contributed by atoms with Gasteiger partial charge in [0.15, 0.2) is 0 Å². The number of carbonyl (C=O) groups is 4. The molecule has 2 heterocycles. The van der Waals surface area contributed by atoms with Gasteiger partial charge in [-0.05, 0) is 102 Å². The van der Waals surface area contributed by atoms with E-state index in [0.717, 1.165) is 82.3 Å². The number of carbonyl (C=O) groups excluding carboxylic acids is 4. The number of anilines is 4. The first-order chi connectivity index (χ1) is 32.7. The van der Waals surface area contributed by atoms with Crippen molar-refractivity contribution in [3.05, 3.63) is 192 Å². The maximum absolute atomic E-state index is 13.4. The first-order valence-corrected chi connectivity index (χ1v) is 22.3. The number of unbranched alkanes of at least 4 members (excludes halogenated alkanes) is 5. The molecule has 0 aliphatic carbocycles. The Labute approximate surface area is 412 Å². The van der Waals surface area contributed by atoms with E-state index in [-0.39, 0.29) is 44.0 Å². The second-order valence-electron chi connectivity index (χ2n) is 16.2. The zero-order chi connectivity index (χ0) is 47.0. The van der Waals surface area contributed by atoms with Gasteiger partial charge in [0.05, 0.1) is 14.2 Å². The molecule has 2 aliphatic rings. The van der Waals surface area contributed by atoms with Crippen LogP contribution in [0.1, 0.15) is 98.0 Å². The molecule has 340 valence electrons. The summed E-state index contributed by atoms with van der Waals surface area (Å²) >= 11 is 0. The van der Waals surface area contributed by atoms with Crippen molar-refractivity contribution in [2.45, 2.75) is 45.4 Å². The molecule has 0 saturated heterocycles. The summed E-state index contributed by atoms with van der Waals surface area (Å²) in [5.41, 5.74) is 8.24. The summed E-state index contributed by atoms with van der Waals surface area (Å²) in [5.74, 6) is 4.51. The van der Waals surface area contributed by atoms with Crippen LogP contribution in [0.3, 0.4) is 0 Å². The fourth-order valence-electron chi connectivity index (χ4n) is 8.56. The quantitative estimate of drug-likeness (QED) is 0.0463. The summed E-state index contributed by atoms with van der Waals surface area (Å²) in [6.45, 7) is 2.51. The van der Waals surface area contributed by atoms with Crippen molar-refractivity contribution in [1.82, 2.24) is 4.90 Å². The van der Waals surface area contributed by atoms with Gasteiger partial charge in [0, 0.05) is 62.3 Å². The third-order valence-corrected chi connectivity index (χ3v) is 12.1. The second kappa shape index (κ2) is 21.7. The summed E-state index contributed by atoms with van der Waals surface area (Å²) in [7, 11) is 3.34. The zero-order valence-electron chi connectivity index (χ0n) is 37.9. The topological polar surface area (TPSA) is 96.5 Å². The van der Waals surface area contributed by atoms with Gasteiger partial charge in [0.25, 0.3) is 23.6 Å². The molecule has 7 aromatic carbocycles. The van der Waals surface area contributed by atoms with Crippen molar-refractivity contribution < 1.29 is 49.7 Å². The normalized spacial score (nSPS) is 12.4. The smallest absolute Gasteiger partial charge is 0.497 e. The van der Waals surface area contributed by atoms with Crippen LogP contribution >= 0.6 is 0 Å². The van der Waals surface area contributed by atoms with Crippen molar-refractivity contribution in [3.63, 3.8) is 0 Å². The van der Waals surface area contributed by atoms with Gasteiger partial charge < -0.3 is 27.2 Å². The zero-order valence-corrected chi connectivity index (χ0v) is 40.2. The Morgan fingerprint density at radius 2 is 0.838 bits per heavy atom. The molecule has 0 unspecified atom stereocenters. The molecule has 68 heavy (non-hydrogen) atoms. The van der Waals surface area contributed by atoms with Gasteiger partial charge in [-0.25, -0.2) is 4.90 Å². The van der Waals surface area contributed by atoms with E-state index in [0.29, 0.717) is 39.7 Å². The van der Waals surface area contributed by atoms with Crippen LogP contribution in [-0.4, -0.2) is 49.3 Å². The summed E-state index contributed by atoms with van der Waals surface area (Å²) in [6.07, 6.45) is 20.7. The molecule has 0 fully saturated rings. The summed E-state index contributed by atoms with van der Waals surface area (Å²) in [6, 6.07) is 45.0. The summed E-state index contributed by atoms with van der Waals surface area (Å²) in [5, 5.41) is 0.746. The van der Waals surface area contributed by atoms with Gasteiger partial charge in [-0.3, -0.25) is 35.9 Å². The number of rotatable bonds is 14. The van der Waals surface area contributed by atoms with Gasteiger partial charge in [0.2, 0.25) is 0 Å². The van der Waals surface area contributed by atoms with Crippen LogP contribution < -0.4 is 19.3 Å². The Morgan fingerprint density at radius 3 is 1.25 bits per heavy atom. The Morgan fingerprint density at radius 1 is 0.471 bits per heavy atom. The molecule has 9 nitrogen and oxygen atoms in total. The number of imide groups is 2. The first kappa shape index (κ1) is 48.2. The van der Waals surface area contributed by atoms with Gasteiger partial charge in [-0.15, -0.1) is 35.4 Å². The van der Waals surface area contributed by atoms with Crippen LogP contribution in [0.4, 0.5) is 22.7 Å². The predicted molar refractivity (Wildman–Crippen MR) is 262 cm³/mol. The Balaban J connectivity index is 0.000000201. The minimum absolute atomic E-state index is 0. The third-order valence-electron chi connectivity index (χ3n) is 12.1. The van der Waals surface area contributed by atoms with Crippen LogP contribution in [0.25, 0.3) is 21.9 Å². The van der Waals surface area contributed by atoms with Crippen LogP contribution in [0, 0.1) is 24.7 Å². The number of hydrogen-bond donors (Lipinski definition) is 0. The molecule has 0 N–H and O–H groups in total. The molecule has 10 heteroatoms. The SMILES string of the molecule is [C-]#Cc1ccc(-c2ccc(N(c3ccc(OC)cc3)c3ccc(OC)cc3)cc2)cc1.[C-]#Cc1ccc(N2C(=O)c3ccc4c5c(ccc(c35)C2=O)C(=O)N(CCCCCCCC)C4=O)cc1.[Pt+2]. The fraction of sp³-hybridized carbons (Fsp3) is 0.172. The van der Waals surface area contributed by atoms with E-state index in [9.17, 15) is 19.2 Å². The van der Waals surface area contributed by atoms with E-state index >= 15 is 0 Å². The number of ether oxygens (including phenoxy) is 2. The largest absolute Gasteiger partial charge is 2.00 e. The molecule has 0 radical (unpaired) electrons. The number of amides is 4. The van der Waals surface area contributed by atoms with E-state index in [1.54, 1.807) is 62.8 Å². The van der Waals surface area contributed by atoms with Crippen LogP contribution in [-0.2, 0) is 21.1 Å². The molecule has 0 atom stereocenters. The third kappa shape index (κ3) is 9.72. The molecule has 4 amide bonds. The van der Waals surface area contributed by atoms with Crippen molar-refractivity contribution in [3.8, 4) is 34.5 Å². The predicted octanol–water partition coefficient (Wildman–Crippen LogP) is 12.3. The van der Waals surface area contributed by atoms with Gasteiger partial charge in [-0.2, -0.15) is 0 Å². The maximum Gasteiger partial charge on any atom is 2.00 e. The number of hydrogen-bond acceptors (Lipinski definition) is 7. The Bertz CT molecular complexity index is 2940. The van der Waals surface area contributed by atoms with Crippen molar-refractivity contribution in [1.29, 1.82) is 0 Å². The molecule has 7 aromatic rings. The van der Waals surface area contributed by atoms with E-state index < -0.39 is 11.8 Å². The van der Waals surface area contributed by atoms with E-state index in [1.165, 1.54) is 11.3 Å². The van der Waals surface area contributed by atoms with E-state index in [4.69, 9.17) is 22.3 Å². The summed E-state index contributed by atoms with van der Waals surface area (Å²) < 4.78 is 10.6. The number of methoxy groups -OCH3 is 2. The average Bonchev–Trinajstić information content (AvgIpc) is 3.38. The number of benzene rings is 7. The number of nitrogens with zero attached hydrogens (tertiary/aromatic N) is 3. The van der Waals surface area contributed by atoms with Crippen LogP contribution in [0.15, 0.2) is 146 Å². The molecule has 9 rings (SSSR count). The van der Waals surface area contributed by atoms with Gasteiger partial charge in [-0.1, -0.05) is 75.4 Å². The van der Waals surface area contributed by atoms with Crippen LogP contribution in [0.2, 0.25) is 0 Å². The average molecular weight is 1080 g/mol. The summed E-state index contributed by atoms with van der Waals surface area (Å²) in [4.78, 5) is 58.1. The van der Waals surface area contributed by atoms with Crippen LogP contribution in [0.5, 0.6) is 11.5 Å². The molecule has 0 aromatic heterocycles. The molecule has 0 bridgehead atoms. The van der Waals surface area contributed by atoms with Crippen molar-refractivity contribution in [2.24, 2.45) is 0 Å². The Kier molecular flexibility index (Phi) is 15.4. The molecular formula is C58H47N3O6Pt. The standard InChI is InChI=1S/C30H25N2O4.C28H22NO2.Pt/c1-3-5-6-7-8-9-18-31-27(33)21-14-16-23-26-24(17-15-22(25(21)26)28(31)34)30(36)32(29(23)35)20-12-10-19(4-2)11-13-20;1-4-21-5-7-22(8-6-21)23-9-11-24(12-10-23)29(25-13-17-27(30-2)18-14-25)26-15-19-28(31-3)20-16-26;/h10-17H,3,5-9,18H2,1H3;5-20H,2-3H3;/q2*-1;+2. The minimum Gasteiger partial charge on any atom is -0.497 e. The minimum atomic E-state index is -0.516. The van der Waals surface area contributed by atoms with Crippen molar-refractivity contribution >= 4 is 57.2 Å². The fourth-order valence-corrected chi connectivity index (χ4v) is 8.56. The second-order valence-corrected chi connectivity index (χ2v) is 16.2. The molecular weight excluding hydrogens is 1030 g/mol. The van der Waals surface area contributed by atoms with Gasteiger partial charge >= 0.3 is 21.1 Å². The monoisotopic (exact) mass is 1080 g/mol. The first-order valence-electron chi connectivity index (χ1n) is 22.3.